The molecule has 0 bridgehead atoms. The number of carbonyl (C=O) groups excluding carboxylic acids is 4. The van der Waals surface area contributed by atoms with Crippen molar-refractivity contribution in [2.45, 2.75) is 71.5 Å². The number of nitrogens with zero attached hydrogens (tertiary/aromatic N) is 2. The first-order valence-electron chi connectivity index (χ1n) is 14.0. The van der Waals surface area contributed by atoms with Crippen molar-refractivity contribution in [2.24, 2.45) is 11.8 Å². The molecule has 0 radical (unpaired) electrons. The van der Waals surface area contributed by atoms with Crippen LogP contribution in [0, 0.1) is 18.8 Å². The van der Waals surface area contributed by atoms with Gasteiger partial charge in [-0.3, -0.25) is 24.1 Å². The van der Waals surface area contributed by atoms with E-state index in [0.717, 1.165) is 23.1 Å². The molecule has 1 fully saturated rings. The molecule has 0 aromatic heterocycles. The summed E-state index contributed by atoms with van der Waals surface area (Å²) in [6.07, 6.45) is 6.13. The van der Waals surface area contributed by atoms with Crippen LogP contribution in [0.25, 0.3) is 0 Å². The number of fused-ring (bicyclic) bond motifs is 1. The lowest BCUT2D eigenvalue weighted by Gasteiger charge is -2.33. The minimum absolute atomic E-state index is 0.0266. The molecule has 2 aliphatic rings. The Morgan fingerprint density at radius 3 is 2.23 bits per heavy atom. The van der Waals surface area contributed by atoms with Crippen LogP contribution < -0.4 is 5.32 Å². The number of aryl methyl sites for hydroxylation is 1. The highest BCUT2D eigenvalue weighted by atomic mass is 16.2. The summed E-state index contributed by atoms with van der Waals surface area (Å²) >= 11 is 0. The van der Waals surface area contributed by atoms with Gasteiger partial charge >= 0.3 is 0 Å². The molecule has 0 spiro atoms. The molecule has 1 aliphatic carbocycles. The van der Waals surface area contributed by atoms with Crippen LogP contribution in [0.2, 0.25) is 0 Å². The van der Waals surface area contributed by atoms with E-state index in [-0.39, 0.29) is 61.0 Å². The molecule has 206 valence electrons. The lowest BCUT2D eigenvalue weighted by atomic mass is 9.85. The molecule has 4 amide bonds. The Kier molecular flexibility index (Phi) is 9.33. The van der Waals surface area contributed by atoms with Crippen LogP contribution in [0.15, 0.2) is 66.7 Å². The molecule has 1 aliphatic heterocycles. The van der Waals surface area contributed by atoms with Gasteiger partial charge in [0.25, 0.3) is 0 Å². The van der Waals surface area contributed by atoms with Crippen molar-refractivity contribution in [1.82, 2.24) is 15.1 Å². The Morgan fingerprint density at radius 2 is 1.62 bits per heavy atom. The van der Waals surface area contributed by atoms with Crippen LogP contribution in [0.3, 0.4) is 0 Å². The summed E-state index contributed by atoms with van der Waals surface area (Å²) in [5.41, 5.74) is 2.93. The van der Waals surface area contributed by atoms with E-state index >= 15 is 0 Å². The summed E-state index contributed by atoms with van der Waals surface area (Å²) < 4.78 is 0. The predicted octanol–water partition coefficient (Wildman–Crippen LogP) is 4.19. The maximum atomic E-state index is 13.9. The molecule has 4 atom stereocenters. The van der Waals surface area contributed by atoms with Gasteiger partial charge in [0.15, 0.2) is 0 Å². The second-order valence-corrected chi connectivity index (χ2v) is 10.8. The van der Waals surface area contributed by atoms with Crippen molar-refractivity contribution in [3.8, 4) is 0 Å². The summed E-state index contributed by atoms with van der Waals surface area (Å²) in [6, 6.07) is 16.8. The first-order chi connectivity index (χ1) is 18.8. The number of likely N-dealkylation sites (tertiary alicyclic amines) is 1. The molecule has 2 aromatic rings. The van der Waals surface area contributed by atoms with Crippen LogP contribution in [0.5, 0.6) is 0 Å². The summed E-state index contributed by atoms with van der Waals surface area (Å²) in [6.45, 7) is 6.22. The average molecular weight is 530 g/mol. The van der Waals surface area contributed by atoms with Crippen LogP contribution in [-0.2, 0) is 32.1 Å². The van der Waals surface area contributed by atoms with Crippen molar-refractivity contribution in [2.75, 3.05) is 6.54 Å². The van der Waals surface area contributed by atoms with Crippen LogP contribution in [0.1, 0.15) is 56.2 Å². The molecule has 1 heterocycles. The molecule has 2 aromatic carbocycles. The van der Waals surface area contributed by atoms with E-state index < -0.39 is 6.04 Å². The van der Waals surface area contributed by atoms with Crippen molar-refractivity contribution in [3.63, 3.8) is 0 Å². The zero-order valence-corrected chi connectivity index (χ0v) is 23.1. The van der Waals surface area contributed by atoms with Gasteiger partial charge in [-0.05, 0) is 44.2 Å². The van der Waals surface area contributed by atoms with Crippen LogP contribution >= 0.6 is 0 Å². The van der Waals surface area contributed by atoms with Gasteiger partial charge in [0.1, 0.15) is 6.04 Å². The van der Waals surface area contributed by atoms with Gasteiger partial charge in [0.2, 0.25) is 23.6 Å². The molecular weight excluding hydrogens is 490 g/mol. The third kappa shape index (κ3) is 6.83. The van der Waals surface area contributed by atoms with Crippen LogP contribution in [0.4, 0.5) is 0 Å². The van der Waals surface area contributed by atoms with Crippen molar-refractivity contribution >= 4 is 23.6 Å². The number of rotatable bonds is 11. The fourth-order valence-corrected chi connectivity index (χ4v) is 5.44. The number of amides is 4. The Morgan fingerprint density at radius 1 is 0.974 bits per heavy atom. The van der Waals surface area contributed by atoms with Gasteiger partial charge in [0.05, 0.1) is 11.8 Å². The minimum atomic E-state index is -0.744. The Labute approximate surface area is 231 Å². The lowest BCUT2D eigenvalue weighted by Crippen LogP contribution is -2.52. The highest BCUT2D eigenvalue weighted by Gasteiger charge is 2.47. The Hall–Kier alpha value is -3.74. The topological polar surface area (TPSA) is 86.8 Å². The zero-order valence-electron chi connectivity index (χ0n) is 23.1. The quantitative estimate of drug-likeness (QED) is 0.349. The number of hydrogen-bond donors (Lipinski definition) is 1. The van der Waals surface area contributed by atoms with Gasteiger partial charge < -0.3 is 10.2 Å². The summed E-state index contributed by atoms with van der Waals surface area (Å²) in [4.78, 5) is 56.4. The van der Waals surface area contributed by atoms with E-state index in [1.54, 1.807) is 4.90 Å². The smallest absolute Gasteiger partial charge is 0.243 e. The normalized spacial score (nSPS) is 19.9. The molecule has 0 saturated carbocycles. The molecule has 7 nitrogen and oxygen atoms in total. The van der Waals surface area contributed by atoms with Gasteiger partial charge in [0, 0.05) is 32.0 Å². The lowest BCUT2D eigenvalue weighted by molar-refractivity contribution is -0.144. The summed E-state index contributed by atoms with van der Waals surface area (Å²) in [7, 11) is 0. The monoisotopic (exact) mass is 529 g/mol. The van der Waals surface area contributed by atoms with Gasteiger partial charge in [-0.2, -0.15) is 0 Å². The second kappa shape index (κ2) is 12.9. The second-order valence-electron chi connectivity index (χ2n) is 10.8. The highest BCUT2D eigenvalue weighted by Crippen LogP contribution is 2.35. The third-order valence-electron chi connectivity index (χ3n) is 7.86. The average Bonchev–Trinajstić information content (AvgIpc) is 3.18. The number of benzene rings is 2. The highest BCUT2D eigenvalue weighted by molar-refractivity contribution is 6.05. The molecule has 4 rings (SSSR count). The maximum Gasteiger partial charge on any atom is 0.243 e. The van der Waals surface area contributed by atoms with Crippen molar-refractivity contribution in [3.05, 3.63) is 83.4 Å². The van der Waals surface area contributed by atoms with Gasteiger partial charge in [-0.25, -0.2) is 0 Å². The van der Waals surface area contributed by atoms with E-state index in [0.29, 0.717) is 19.3 Å². The van der Waals surface area contributed by atoms with Gasteiger partial charge in [-0.15, -0.1) is 0 Å². The first-order valence-corrected chi connectivity index (χ1v) is 14.0. The van der Waals surface area contributed by atoms with E-state index in [2.05, 4.69) is 5.32 Å². The maximum absolute atomic E-state index is 13.9. The fourth-order valence-electron chi connectivity index (χ4n) is 5.44. The van der Waals surface area contributed by atoms with Crippen molar-refractivity contribution in [1.29, 1.82) is 0 Å². The number of allylic oxidation sites excluding steroid dienone is 2. The predicted molar refractivity (Wildman–Crippen MR) is 150 cm³/mol. The molecule has 1 saturated heterocycles. The zero-order chi connectivity index (χ0) is 27.9. The van der Waals surface area contributed by atoms with E-state index in [1.165, 1.54) is 4.90 Å². The van der Waals surface area contributed by atoms with E-state index in [4.69, 9.17) is 0 Å². The molecule has 39 heavy (non-hydrogen) atoms. The van der Waals surface area contributed by atoms with Crippen molar-refractivity contribution < 1.29 is 19.2 Å². The minimum Gasteiger partial charge on any atom is -0.352 e. The molecule has 1 N–H and O–H groups in total. The Bertz CT molecular complexity index is 1200. The number of imide groups is 1. The van der Waals surface area contributed by atoms with Gasteiger partial charge in [-0.1, -0.05) is 79.2 Å². The number of nitrogens with one attached hydrogen (secondary N) is 1. The standard InChI is InChI=1S/C32H39N3O4/c1-4-23(3)33-30(37)28(20-24-12-6-5-7-13-24)35(21-25-14-10-11-22(2)19-25)29(36)17-18-34-31(38)26-15-8-9-16-27(26)32(34)39/h5-14,19,23,26-28H,4,15-18,20-21H2,1-3H3,(H,33,37)/t23-,26-,27+,28+/m1/s1. The Balaban J connectivity index is 1.59. The SMILES string of the molecule is CC[C@@H](C)NC(=O)[C@H](Cc1ccccc1)N(Cc1cccc(C)c1)C(=O)CCN1C(=O)[C@H]2CC=CC[C@H]2C1=O. The summed E-state index contributed by atoms with van der Waals surface area (Å²) in [5.74, 6) is -1.50. The number of carbonyl (C=O) groups is 4. The molecule has 0 unspecified atom stereocenters. The first kappa shape index (κ1) is 28.3. The van der Waals surface area contributed by atoms with E-state index in [9.17, 15) is 19.2 Å². The molecular formula is C32H39N3O4. The molecule has 7 heteroatoms. The fraction of sp³-hybridized carbons (Fsp3) is 0.438. The van der Waals surface area contributed by atoms with Crippen LogP contribution in [-0.4, -0.2) is 52.1 Å². The van der Waals surface area contributed by atoms with E-state index in [1.807, 2.05) is 87.5 Å². The summed E-state index contributed by atoms with van der Waals surface area (Å²) in [5, 5.41) is 3.07. The largest absolute Gasteiger partial charge is 0.352 e. The third-order valence-corrected chi connectivity index (χ3v) is 7.86. The number of hydrogen-bond acceptors (Lipinski definition) is 4.